The highest BCUT2D eigenvalue weighted by atomic mass is 32.1. The van der Waals surface area contributed by atoms with E-state index in [1.54, 1.807) is 29.4 Å². The fourth-order valence-electron chi connectivity index (χ4n) is 7.49. The molecular formula is C40H46BFN6O6S. The van der Waals surface area contributed by atoms with Crippen LogP contribution < -0.4 is 15.5 Å². The van der Waals surface area contributed by atoms with Gasteiger partial charge in [-0.2, -0.15) is 0 Å². The minimum absolute atomic E-state index is 0.275. The van der Waals surface area contributed by atoms with Gasteiger partial charge < -0.3 is 34.0 Å². The Morgan fingerprint density at radius 2 is 1.85 bits per heavy atom. The van der Waals surface area contributed by atoms with Gasteiger partial charge in [-0.15, -0.1) is 11.3 Å². The Hall–Kier alpha value is -4.73. The fourth-order valence-corrected chi connectivity index (χ4v) is 8.60. The number of methoxy groups -OCH3 is 1. The number of aromatic nitrogens is 4. The van der Waals surface area contributed by atoms with Gasteiger partial charge in [0.25, 0.3) is 0 Å². The van der Waals surface area contributed by atoms with Crippen molar-refractivity contribution in [2.45, 2.75) is 103 Å². The number of carbonyl (C=O) groups is 2. The van der Waals surface area contributed by atoms with Crippen molar-refractivity contribution in [2.24, 2.45) is 0 Å². The summed E-state index contributed by atoms with van der Waals surface area (Å²) in [6, 6.07) is 10.2. The molecule has 5 aromatic rings. The molecule has 1 saturated heterocycles. The standard InChI is InChI=1S/C40H46BFN6O6S/c1-9-28(47(10-2)36(49)21(3)45-38(50)51-8)34-43-19-27(46-34)23-16-26(42)33-30-17-24-15-25(41-53-39(4,5)40(6,7)54-41)13-14-29(24)48(30)37(52-31(33)18-23)32-20-44-35(55-32)22-11-12-22/h13-22,28,37H,9-12H2,1-8H3,(H,43,46)(H,45,50)/t21-,28-,37-/m0/s1. The number of alkyl carbamates (subject to hydrolysis) is 1. The number of nitrogens with zero attached hydrogens (tertiary/aromatic N) is 4. The molecule has 3 aliphatic rings. The Balaban J connectivity index is 1.16. The number of imidazole rings is 1. The van der Waals surface area contributed by atoms with E-state index in [9.17, 15) is 9.59 Å². The number of hydrogen-bond donors (Lipinski definition) is 2. The van der Waals surface area contributed by atoms with Crippen molar-refractivity contribution in [3.63, 3.8) is 0 Å². The van der Waals surface area contributed by atoms with E-state index in [0.29, 0.717) is 53.0 Å². The van der Waals surface area contributed by atoms with Crippen molar-refractivity contribution in [1.82, 2.24) is 29.7 Å². The highest BCUT2D eigenvalue weighted by molar-refractivity contribution is 7.11. The first-order valence-electron chi connectivity index (χ1n) is 18.9. The van der Waals surface area contributed by atoms with Gasteiger partial charge in [-0.3, -0.25) is 9.36 Å². The number of hydrogen-bond acceptors (Lipinski definition) is 9. The number of halogens is 1. The van der Waals surface area contributed by atoms with Crippen LogP contribution in [-0.2, 0) is 18.8 Å². The largest absolute Gasteiger partial charge is 0.494 e. The predicted octanol–water partition coefficient (Wildman–Crippen LogP) is 7.45. The SMILES string of the molecule is CC[C@@H](c1ncc(-c2cc(F)c3c(c2)O[C@@H](c2cnc(C4CC4)s2)n2c-3cc3cc(B4OC(C)(C)C(C)(C)O4)ccc32)[nH]1)N(CC)C(=O)[C@H](C)NC(=O)OC. The smallest absolute Gasteiger partial charge is 0.464 e. The van der Waals surface area contributed by atoms with Gasteiger partial charge in [0.15, 0.2) is 0 Å². The van der Waals surface area contributed by atoms with E-state index >= 15 is 4.39 Å². The van der Waals surface area contributed by atoms with E-state index in [1.807, 2.05) is 72.0 Å². The Morgan fingerprint density at radius 3 is 2.53 bits per heavy atom. The minimum atomic E-state index is -0.805. The number of ether oxygens (including phenoxy) is 2. The molecular weight excluding hydrogens is 722 g/mol. The summed E-state index contributed by atoms with van der Waals surface area (Å²) in [5.41, 5.74) is 2.99. The number of H-pyrrole nitrogens is 1. The number of amides is 2. The van der Waals surface area contributed by atoms with E-state index < -0.39 is 48.5 Å². The summed E-state index contributed by atoms with van der Waals surface area (Å²) in [5.74, 6) is 0.711. The first-order valence-corrected chi connectivity index (χ1v) is 19.7. The van der Waals surface area contributed by atoms with Crippen molar-refractivity contribution in [1.29, 1.82) is 0 Å². The van der Waals surface area contributed by atoms with Gasteiger partial charge in [-0.25, -0.2) is 19.2 Å². The number of nitrogens with one attached hydrogen (secondary N) is 2. The maximum Gasteiger partial charge on any atom is 0.494 e. The van der Waals surface area contributed by atoms with Crippen LogP contribution in [0.25, 0.3) is 33.4 Å². The lowest BCUT2D eigenvalue weighted by Crippen LogP contribution is -2.48. The van der Waals surface area contributed by atoms with Gasteiger partial charge in [-0.05, 0) is 90.5 Å². The molecule has 2 amide bonds. The monoisotopic (exact) mass is 768 g/mol. The molecule has 2 aliphatic heterocycles. The Kier molecular flexibility index (Phi) is 9.33. The molecule has 288 valence electrons. The number of benzene rings is 2. The highest BCUT2D eigenvalue weighted by Crippen LogP contribution is 2.49. The van der Waals surface area contributed by atoms with Crippen molar-refractivity contribution < 1.29 is 32.8 Å². The molecule has 15 heteroatoms. The van der Waals surface area contributed by atoms with Crippen LogP contribution in [0.3, 0.4) is 0 Å². The van der Waals surface area contributed by atoms with Gasteiger partial charge in [0.2, 0.25) is 12.1 Å². The van der Waals surface area contributed by atoms with Crippen LogP contribution in [0.4, 0.5) is 9.18 Å². The lowest BCUT2D eigenvalue weighted by molar-refractivity contribution is -0.135. The maximum absolute atomic E-state index is 16.6. The molecule has 1 saturated carbocycles. The molecule has 0 bridgehead atoms. The third-order valence-electron chi connectivity index (χ3n) is 11.4. The lowest BCUT2D eigenvalue weighted by atomic mass is 9.78. The van der Waals surface area contributed by atoms with Crippen LogP contribution in [0, 0.1) is 5.82 Å². The number of carbonyl (C=O) groups excluding carboxylic acids is 2. The molecule has 55 heavy (non-hydrogen) atoms. The molecule has 12 nitrogen and oxygen atoms in total. The van der Waals surface area contributed by atoms with Crippen molar-refractivity contribution in [3.05, 3.63) is 70.3 Å². The summed E-state index contributed by atoms with van der Waals surface area (Å²) in [5, 5.41) is 4.55. The average molecular weight is 769 g/mol. The second-order valence-electron chi connectivity index (χ2n) is 15.6. The van der Waals surface area contributed by atoms with E-state index in [1.165, 1.54) is 13.2 Å². The molecule has 5 heterocycles. The molecule has 3 aromatic heterocycles. The van der Waals surface area contributed by atoms with Gasteiger partial charge in [0.1, 0.15) is 23.4 Å². The lowest BCUT2D eigenvalue weighted by Gasteiger charge is -2.32. The molecule has 0 unspecified atom stereocenters. The summed E-state index contributed by atoms with van der Waals surface area (Å²) in [4.78, 5) is 40.6. The van der Waals surface area contributed by atoms with Crippen LogP contribution in [0.2, 0.25) is 0 Å². The van der Waals surface area contributed by atoms with Crippen molar-refractivity contribution in [3.8, 4) is 28.3 Å². The third-order valence-corrected chi connectivity index (χ3v) is 12.6. The van der Waals surface area contributed by atoms with Crippen LogP contribution in [-0.4, -0.2) is 74.4 Å². The quantitative estimate of drug-likeness (QED) is 0.140. The van der Waals surface area contributed by atoms with Crippen molar-refractivity contribution >= 4 is 46.8 Å². The zero-order valence-electron chi connectivity index (χ0n) is 32.4. The second-order valence-corrected chi connectivity index (χ2v) is 16.7. The molecule has 8 rings (SSSR count). The number of fused-ring (bicyclic) bond motifs is 5. The van der Waals surface area contributed by atoms with E-state index in [0.717, 1.165) is 39.1 Å². The maximum atomic E-state index is 16.6. The zero-order chi connectivity index (χ0) is 39.0. The molecule has 1 aliphatic carbocycles. The summed E-state index contributed by atoms with van der Waals surface area (Å²) < 4.78 is 42.9. The van der Waals surface area contributed by atoms with Crippen LogP contribution in [0.1, 0.15) is 102 Å². The molecule has 2 fully saturated rings. The molecule has 2 aromatic carbocycles. The van der Waals surface area contributed by atoms with Crippen LogP contribution in [0.15, 0.2) is 48.8 Å². The highest BCUT2D eigenvalue weighted by Gasteiger charge is 2.52. The number of likely N-dealkylation sites (N-methyl/N-ethyl adjacent to an activating group) is 1. The summed E-state index contributed by atoms with van der Waals surface area (Å²) in [6.07, 6.45) is 5.09. The van der Waals surface area contributed by atoms with Gasteiger partial charge in [0.05, 0.1) is 62.9 Å². The number of aromatic amines is 1. The zero-order valence-corrected chi connectivity index (χ0v) is 33.2. The predicted molar refractivity (Wildman–Crippen MR) is 209 cm³/mol. The average Bonchev–Trinajstić information content (AvgIpc) is 3.45. The summed E-state index contributed by atoms with van der Waals surface area (Å²) >= 11 is 1.64. The van der Waals surface area contributed by atoms with Crippen LogP contribution >= 0.6 is 11.3 Å². The molecule has 2 N–H and O–H groups in total. The van der Waals surface area contributed by atoms with Gasteiger partial charge in [-0.1, -0.05) is 19.1 Å². The van der Waals surface area contributed by atoms with Gasteiger partial charge in [0, 0.05) is 29.6 Å². The van der Waals surface area contributed by atoms with Crippen LogP contribution in [0.5, 0.6) is 5.75 Å². The second kappa shape index (κ2) is 13.8. The molecule has 0 spiro atoms. The Labute approximate surface area is 323 Å². The summed E-state index contributed by atoms with van der Waals surface area (Å²) in [6.45, 7) is 14.0. The first-order chi connectivity index (χ1) is 26.2. The van der Waals surface area contributed by atoms with E-state index in [2.05, 4.69) is 30.7 Å². The Morgan fingerprint density at radius 1 is 1.11 bits per heavy atom. The van der Waals surface area contributed by atoms with Gasteiger partial charge >= 0.3 is 13.2 Å². The van der Waals surface area contributed by atoms with E-state index in [4.69, 9.17) is 19.0 Å². The molecule has 0 radical (unpaired) electrons. The number of thiazole rings is 1. The van der Waals surface area contributed by atoms with E-state index in [-0.39, 0.29) is 5.91 Å². The Bertz CT molecular complexity index is 2280. The topological polar surface area (TPSA) is 133 Å². The fraction of sp³-hybridized carbons (Fsp3) is 0.450. The normalized spacial score (nSPS) is 19.4. The third kappa shape index (κ3) is 6.49. The minimum Gasteiger partial charge on any atom is -0.464 e. The number of rotatable bonds is 10. The summed E-state index contributed by atoms with van der Waals surface area (Å²) in [7, 11) is 0.711. The van der Waals surface area contributed by atoms with Crippen molar-refractivity contribution in [2.75, 3.05) is 13.7 Å². The first kappa shape index (κ1) is 37.2. The molecule has 3 atom stereocenters.